The van der Waals surface area contributed by atoms with E-state index in [4.69, 9.17) is 16.3 Å². The van der Waals surface area contributed by atoms with Crippen molar-refractivity contribution in [2.24, 2.45) is 0 Å². The van der Waals surface area contributed by atoms with Gasteiger partial charge in [0.25, 0.3) is 0 Å². The van der Waals surface area contributed by atoms with E-state index in [-0.39, 0.29) is 6.61 Å². The third-order valence-electron chi connectivity index (χ3n) is 4.01. The molecule has 1 atom stereocenters. The van der Waals surface area contributed by atoms with Crippen LogP contribution in [0.15, 0.2) is 36.5 Å². The second-order valence-electron chi connectivity index (χ2n) is 5.79. The lowest BCUT2D eigenvalue weighted by Crippen LogP contribution is -2.55. The summed E-state index contributed by atoms with van der Waals surface area (Å²) < 4.78 is 5.95. The van der Waals surface area contributed by atoms with Crippen LogP contribution in [0.3, 0.4) is 0 Å². The number of rotatable bonds is 5. The lowest BCUT2D eigenvalue weighted by atomic mass is 9.93. The van der Waals surface area contributed by atoms with Crippen molar-refractivity contribution in [3.8, 4) is 0 Å². The second-order valence-corrected chi connectivity index (χ2v) is 6.22. The Kier molecular flexibility index (Phi) is 4.78. The molecule has 2 aromatic rings. The smallest absolute Gasteiger partial charge is 0.108 e. The predicted octanol–water partition coefficient (Wildman–Crippen LogP) is 1.87. The first kappa shape index (κ1) is 15.5. The Labute approximate surface area is 134 Å². The van der Waals surface area contributed by atoms with Crippen molar-refractivity contribution in [2.45, 2.75) is 18.6 Å². The van der Waals surface area contributed by atoms with Gasteiger partial charge in [-0.1, -0.05) is 23.7 Å². The molecule has 1 fully saturated rings. The zero-order chi connectivity index (χ0) is 15.4. The normalized spacial score (nSPS) is 22.8. The molecule has 2 N–H and O–H groups in total. The van der Waals surface area contributed by atoms with Crippen LogP contribution in [0.4, 0.5) is 0 Å². The van der Waals surface area contributed by atoms with Gasteiger partial charge in [-0.15, -0.1) is 0 Å². The first-order valence-corrected chi connectivity index (χ1v) is 7.77. The number of hydrogen-bond acceptors (Lipinski definition) is 4. The number of nitrogens with one attached hydrogen (secondary N) is 1. The summed E-state index contributed by atoms with van der Waals surface area (Å²) >= 11 is 5.93. The third kappa shape index (κ3) is 3.67. The SMILES string of the molecule is OC[C@@]1(Cc2ccc(Cl)cc2)CN(Cc2ccn[nH]2)CCO1. The van der Waals surface area contributed by atoms with Gasteiger partial charge in [0.1, 0.15) is 5.60 Å². The zero-order valence-electron chi connectivity index (χ0n) is 12.3. The van der Waals surface area contributed by atoms with Crippen molar-refractivity contribution in [3.63, 3.8) is 0 Å². The van der Waals surface area contributed by atoms with E-state index in [1.54, 1.807) is 6.20 Å². The maximum atomic E-state index is 9.90. The number of aromatic amines is 1. The largest absolute Gasteiger partial charge is 0.393 e. The Morgan fingerprint density at radius 1 is 1.32 bits per heavy atom. The molecule has 0 saturated carbocycles. The molecule has 6 heteroatoms. The van der Waals surface area contributed by atoms with Crippen LogP contribution in [0.25, 0.3) is 0 Å². The van der Waals surface area contributed by atoms with Gasteiger partial charge in [0.2, 0.25) is 0 Å². The van der Waals surface area contributed by atoms with Gasteiger partial charge < -0.3 is 9.84 Å². The Morgan fingerprint density at radius 3 is 2.82 bits per heavy atom. The number of hydrogen-bond donors (Lipinski definition) is 2. The number of H-pyrrole nitrogens is 1. The van der Waals surface area contributed by atoms with Crippen molar-refractivity contribution in [1.82, 2.24) is 15.1 Å². The highest BCUT2D eigenvalue weighted by Gasteiger charge is 2.36. The lowest BCUT2D eigenvalue weighted by molar-refractivity contribution is -0.134. The van der Waals surface area contributed by atoms with Gasteiger partial charge in [-0.25, -0.2) is 0 Å². The number of benzene rings is 1. The van der Waals surface area contributed by atoms with Crippen LogP contribution in [0.1, 0.15) is 11.3 Å². The number of morpholine rings is 1. The van der Waals surface area contributed by atoms with E-state index in [1.807, 2.05) is 30.3 Å². The van der Waals surface area contributed by atoms with Crippen molar-refractivity contribution >= 4 is 11.6 Å². The van der Waals surface area contributed by atoms with E-state index in [9.17, 15) is 5.11 Å². The molecular weight excluding hydrogens is 302 g/mol. The van der Waals surface area contributed by atoms with E-state index >= 15 is 0 Å². The standard InChI is InChI=1S/C16H20ClN3O2/c17-14-3-1-13(2-4-14)9-16(12-21)11-20(7-8-22-16)10-15-5-6-18-19-15/h1-6,21H,7-12H2,(H,18,19)/t16-/m1/s1. The number of nitrogens with zero attached hydrogens (tertiary/aromatic N) is 2. The van der Waals surface area contributed by atoms with Crippen molar-refractivity contribution in [2.75, 3.05) is 26.3 Å². The molecule has 5 nitrogen and oxygen atoms in total. The van der Waals surface area contributed by atoms with E-state index in [0.29, 0.717) is 24.6 Å². The molecule has 1 aromatic carbocycles. The van der Waals surface area contributed by atoms with Crippen LogP contribution in [-0.4, -0.2) is 52.1 Å². The Balaban J connectivity index is 1.69. The van der Waals surface area contributed by atoms with Gasteiger partial charge in [0.15, 0.2) is 0 Å². The minimum atomic E-state index is -0.563. The molecule has 0 amide bonds. The highest BCUT2D eigenvalue weighted by molar-refractivity contribution is 6.30. The number of aliphatic hydroxyl groups excluding tert-OH is 1. The summed E-state index contributed by atoms with van der Waals surface area (Å²) in [6.45, 7) is 2.93. The number of ether oxygens (including phenoxy) is 1. The second kappa shape index (κ2) is 6.79. The molecule has 118 valence electrons. The highest BCUT2D eigenvalue weighted by atomic mass is 35.5. The molecule has 1 aliphatic rings. The molecule has 22 heavy (non-hydrogen) atoms. The fourth-order valence-corrected chi connectivity index (χ4v) is 3.03. The molecule has 3 rings (SSSR count). The average molecular weight is 322 g/mol. The quantitative estimate of drug-likeness (QED) is 0.882. The average Bonchev–Trinajstić information content (AvgIpc) is 3.03. The molecule has 0 bridgehead atoms. The van der Waals surface area contributed by atoms with E-state index in [0.717, 1.165) is 24.3 Å². The summed E-state index contributed by atoms with van der Waals surface area (Å²) in [5.74, 6) is 0. The molecule has 0 unspecified atom stereocenters. The van der Waals surface area contributed by atoms with Gasteiger partial charge in [0, 0.05) is 43.0 Å². The Bertz CT molecular complexity index is 588. The minimum Gasteiger partial charge on any atom is -0.393 e. The molecular formula is C16H20ClN3O2. The van der Waals surface area contributed by atoms with Crippen LogP contribution in [0, 0.1) is 0 Å². The van der Waals surface area contributed by atoms with Gasteiger partial charge in [-0.05, 0) is 23.8 Å². The van der Waals surface area contributed by atoms with Crippen LogP contribution >= 0.6 is 11.6 Å². The highest BCUT2D eigenvalue weighted by Crippen LogP contribution is 2.24. The summed E-state index contributed by atoms with van der Waals surface area (Å²) in [7, 11) is 0. The molecule has 2 heterocycles. The van der Waals surface area contributed by atoms with Gasteiger partial charge >= 0.3 is 0 Å². The summed E-state index contributed by atoms with van der Waals surface area (Å²) in [5.41, 5.74) is 1.62. The number of halogens is 1. The number of aliphatic hydroxyl groups is 1. The topological polar surface area (TPSA) is 61.4 Å². The van der Waals surface area contributed by atoms with Crippen LogP contribution in [0.5, 0.6) is 0 Å². The summed E-state index contributed by atoms with van der Waals surface area (Å²) in [5, 5.41) is 17.6. The minimum absolute atomic E-state index is 0.00486. The van der Waals surface area contributed by atoms with E-state index < -0.39 is 5.60 Å². The van der Waals surface area contributed by atoms with Gasteiger partial charge in [0.05, 0.1) is 13.2 Å². The summed E-state index contributed by atoms with van der Waals surface area (Å²) in [4.78, 5) is 2.28. The Hall–Kier alpha value is -1.40. The van der Waals surface area contributed by atoms with Gasteiger partial charge in [-0.2, -0.15) is 5.10 Å². The third-order valence-corrected chi connectivity index (χ3v) is 4.26. The van der Waals surface area contributed by atoms with Crippen molar-refractivity contribution < 1.29 is 9.84 Å². The molecule has 0 spiro atoms. The fraction of sp³-hybridized carbons (Fsp3) is 0.438. The Morgan fingerprint density at radius 2 is 2.14 bits per heavy atom. The maximum Gasteiger partial charge on any atom is 0.108 e. The summed E-state index contributed by atoms with van der Waals surface area (Å²) in [6.07, 6.45) is 2.42. The van der Waals surface area contributed by atoms with E-state index in [1.165, 1.54) is 0 Å². The molecule has 1 aliphatic heterocycles. The molecule has 1 saturated heterocycles. The van der Waals surface area contributed by atoms with Gasteiger partial charge in [-0.3, -0.25) is 10.00 Å². The van der Waals surface area contributed by atoms with Crippen LogP contribution in [0.2, 0.25) is 5.02 Å². The van der Waals surface area contributed by atoms with Crippen LogP contribution < -0.4 is 0 Å². The molecule has 0 aliphatic carbocycles. The number of aromatic nitrogens is 2. The van der Waals surface area contributed by atoms with Crippen molar-refractivity contribution in [3.05, 3.63) is 52.8 Å². The predicted molar refractivity (Wildman–Crippen MR) is 84.8 cm³/mol. The van der Waals surface area contributed by atoms with E-state index in [2.05, 4.69) is 15.1 Å². The first-order chi connectivity index (χ1) is 10.7. The lowest BCUT2D eigenvalue weighted by Gasteiger charge is -2.41. The fourth-order valence-electron chi connectivity index (χ4n) is 2.90. The summed E-state index contributed by atoms with van der Waals surface area (Å²) in [6, 6.07) is 9.67. The maximum absolute atomic E-state index is 9.90. The monoisotopic (exact) mass is 321 g/mol. The van der Waals surface area contributed by atoms with Crippen LogP contribution in [-0.2, 0) is 17.7 Å². The molecule has 1 aromatic heterocycles. The van der Waals surface area contributed by atoms with Crippen molar-refractivity contribution in [1.29, 1.82) is 0 Å². The zero-order valence-corrected chi connectivity index (χ0v) is 13.1. The molecule has 0 radical (unpaired) electrons. The first-order valence-electron chi connectivity index (χ1n) is 7.39.